The molecule has 3 heterocycles. The maximum atomic E-state index is 6.13. The van der Waals surface area contributed by atoms with Crippen LogP contribution in [0.4, 0.5) is 0 Å². The maximum absolute atomic E-state index is 6.13. The third-order valence-electron chi connectivity index (χ3n) is 5.06. The Hall–Kier alpha value is -0.120. The summed E-state index contributed by atoms with van der Waals surface area (Å²) in [5.41, 5.74) is 0.184. The van der Waals surface area contributed by atoms with E-state index in [9.17, 15) is 0 Å². The molecule has 3 saturated heterocycles. The number of piperidine rings is 1. The molecule has 0 aromatic rings. The number of hydrogen-bond donors (Lipinski definition) is 1. The SMILES string of the molecule is C1CNCC(CC2CCOC3(CCOCC3)C2)C1. The lowest BCUT2D eigenvalue weighted by Crippen LogP contribution is -2.45. The highest BCUT2D eigenvalue weighted by molar-refractivity contribution is 4.90. The fourth-order valence-electron chi connectivity index (χ4n) is 4.02. The molecule has 3 aliphatic heterocycles. The Morgan fingerprint density at radius 1 is 1.06 bits per heavy atom. The van der Waals surface area contributed by atoms with Crippen molar-refractivity contribution in [3.05, 3.63) is 0 Å². The molecule has 3 fully saturated rings. The molecular weight excluding hydrogens is 226 g/mol. The van der Waals surface area contributed by atoms with Crippen LogP contribution in [0.1, 0.15) is 44.9 Å². The smallest absolute Gasteiger partial charge is 0.0729 e. The first-order valence-electron chi connectivity index (χ1n) is 7.79. The van der Waals surface area contributed by atoms with Gasteiger partial charge in [-0.1, -0.05) is 0 Å². The summed E-state index contributed by atoms with van der Waals surface area (Å²) in [5.74, 6) is 1.81. The first-order chi connectivity index (χ1) is 8.86. The van der Waals surface area contributed by atoms with E-state index < -0.39 is 0 Å². The minimum Gasteiger partial charge on any atom is -0.381 e. The van der Waals surface area contributed by atoms with Crippen molar-refractivity contribution in [2.75, 3.05) is 32.9 Å². The van der Waals surface area contributed by atoms with E-state index in [0.717, 1.165) is 44.5 Å². The van der Waals surface area contributed by atoms with Gasteiger partial charge in [0.25, 0.3) is 0 Å². The first kappa shape index (κ1) is 12.9. The molecule has 0 radical (unpaired) electrons. The molecule has 3 rings (SSSR count). The van der Waals surface area contributed by atoms with E-state index in [1.807, 2.05) is 0 Å². The van der Waals surface area contributed by atoms with E-state index >= 15 is 0 Å². The van der Waals surface area contributed by atoms with Crippen molar-refractivity contribution in [3.63, 3.8) is 0 Å². The molecule has 0 aromatic carbocycles. The van der Waals surface area contributed by atoms with E-state index in [-0.39, 0.29) is 5.60 Å². The van der Waals surface area contributed by atoms with Gasteiger partial charge < -0.3 is 14.8 Å². The molecule has 18 heavy (non-hydrogen) atoms. The molecule has 2 unspecified atom stereocenters. The molecule has 3 heteroatoms. The first-order valence-corrected chi connectivity index (χ1v) is 7.79. The van der Waals surface area contributed by atoms with Crippen LogP contribution in [0.3, 0.4) is 0 Å². The molecule has 104 valence electrons. The normalized spacial score (nSPS) is 36.7. The average Bonchev–Trinajstić information content (AvgIpc) is 2.41. The third-order valence-corrected chi connectivity index (χ3v) is 5.06. The van der Waals surface area contributed by atoms with Crippen LogP contribution in [0.5, 0.6) is 0 Å². The molecule has 3 nitrogen and oxygen atoms in total. The number of ether oxygens (including phenoxy) is 2. The van der Waals surface area contributed by atoms with Gasteiger partial charge in [0.05, 0.1) is 5.60 Å². The van der Waals surface area contributed by atoms with E-state index in [2.05, 4.69) is 5.32 Å². The van der Waals surface area contributed by atoms with Gasteiger partial charge in [0, 0.05) is 19.8 Å². The van der Waals surface area contributed by atoms with Crippen molar-refractivity contribution in [2.45, 2.75) is 50.5 Å². The monoisotopic (exact) mass is 253 g/mol. The number of hydrogen-bond acceptors (Lipinski definition) is 3. The molecular formula is C15H27NO2. The van der Waals surface area contributed by atoms with Gasteiger partial charge in [0.15, 0.2) is 0 Å². The van der Waals surface area contributed by atoms with Gasteiger partial charge in [0.1, 0.15) is 0 Å². The van der Waals surface area contributed by atoms with Crippen molar-refractivity contribution in [1.29, 1.82) is 0 Å². The summed E-state index contributed by atoms with van der Waals surface area (Å²) in [6.45, 7) is 5.25. The Morgan fingerprint density at radius 3 is 2.72 bits per heavy atom. The van der Waals surface area contributed by atoms with Crippen LogP contribution < -0.4 is 5.32 Å². The zero-order valence-corrected chi connectivity index (χ0v) is 11.5. The average molecular weight is 253 g/mol. The second kappa shape index (κ2) is 5.89. The van der Waals surface area contributed by atoms with Gasteiger partial charge in [-0.3, -0.25) is 0 Å². The van der Waals surface area contributed by atoms with Crippen LogP contribution in [0.2, 0.25) is 0 Å². The lowest BCUT2D eigenvalue weighted by atomic mass is 9.76. The van der Waals surface area contributed by atoms with Gasteiger partial charge in [-0.25, -0.2) is 0 Å². The minimum atomic E-state index is 0.184. The largest absolute Gasteiger partial charge is 0.381 e. The summed E-state index contributed by atoms with van der Waals surface area (Å²) >= 11 is 0. The van der Waals surface area contributed by atoms with Crippen molar-refractivity contribution in [1.82, 2.24) is 5.32 Å². The summed E-state index contributed by atoms with van der Waals surface area (Å²) in [7, 11) is 0. The van der Waals surface area contributed by atoms with Gasteiger partial charge >= 0.3 is 0 Å². The third kappa shape index (κ3) is 3.06. The Labute approximate surface area is 111 Å². The molecule has 0 aromatic heterocycles. The van der Waals surface area contributed by atoms with Crippen LogP contribution in [-0.2, 0) is 9.47 Å². The summed E-state index contributed by atoms with van der Waals surface area (Å²) in [6.07, 6.45) is 9.01. The Bertz CT molecular complexity index is 252. The quantitative estimate of drug-likeness (QED) is 0.819. The van der Waals surface area contributed by atoms with Crippen LogP contribution in [-0.4, -0.2) is 38.5 Å². The number of rotatable bonds is 2. The topological polar surface area (TPSA) is 30.5 Å². The standard InChI is InChI=1S/C15H27NO2/c1-2-14(12-16-6-1)10-13-3-7-18-15(11-13)4-8-17-9-5-15/h13-14,16H,1-12H2. The highest BCUT2D eigenvalue weighted by Crippen LogP contribution is 2.39. The highest BCUT2D eigenvalue weighted by atomic mass is 16.5. The van der Waals surface area contributed by atoms with E-state index in [4.69, 9.17) is 9.47 Å². The lowest BCUT2D eigenvalue weighted by molar-refractivity contribution is -0.148. The molecule has 1 spiro atoms. The molecule has 0 saturated carbocycles. The summed E-state index contributed by atoms with van der Waals surface area (Å²) in [6, 6.07) is 0. The molecule has 1 N–H and O–H groups in total. The Morgan fingerprint density at radius 2 is 1.94 bits per heavy atom. The van der Waals surface area contributed by atoms with Crippen molar-refractivity contribution >= 4 is 0 Å². The summed E-state index contributed by atoms with van der Waals surface area (Å²) < 4.78 is 11.6. The zero-order chi connectivity index (χ0) is 12.3. The van der Waals surface area contributed by atoms with E-state index in [1.54, 1.807) is 0 Å². The summed E-state index contributed by atoms with van der Waals surface area (Å²) in [4.78, 5) is 0. The second-order valence-electron chi connectivity index (χ2n) is 6.45. The van der Waals surface area contributed by atoms with Crippen LogP contribution in [0.25, 0.3) is 0 Å². The molecule has 0 bridgehead atoms. The van der Waals surface area contributed by atoms with Crippen LogP contribution in [0, 0.1) is 11.8 Å². The minimum absolute atomic E-state index is 0.184. The predicted octanol–water partition coefficient (Wildman–Crippen LogP) is 2.35. The summed E-state index contributed by atoms with van der Waals surface area (Å²) in [5, 5.41) is 3.54. The van der Waals surface area contributed by atoms with Crippen LogP contribution in [0.15, 0.2) is 0 Å². The van der Waals surface area contributed by atoms with Crippen molar-refractivity contribution in [3.8, 4) is 0 Å². The Balaban J connectivity index is 1.52. The second-order valence-corrected chi connectivity index (χ2v) is 6.45. The van der Waals surface area contributed by atoms with Crippen molar-refractivity contribution < 1.29 is 9.47 Å². The van der Waals surface area contributed by atoms with E-state index in [1.165, 1.54) is 45.2 Å². The van der Waals surface area contributed by atoms with Crippen molar-refractivity contribution in [2.24, 2.45) is 11.8 Å². The van der Waals surface area contributed by atoms with E-state index in [0.29, 0.717) is 0 Å². The molecule has 0 aliphatic carbocycles. The highest BCUT2D eigenvalue weighted by Gasteiger charge is 2.39. The van der Waals surface area contributed by atoms with Crippen LogP contribution >= 0.6 is 0 Å². The van der Waals surface area contributed by atoms with Gasteiger partial charge in [0.2, 0.25) is 0 Å². The van der Waals surface area contributed by atoms with Gasteiger partial charge in [-0.05, 0) is 69.9 Å². The predicted molar refractivity (Wildman–Crippen MR) is 71.7 cm³/mol. The molecule has 3 aliphatic rings. The fourth-order valence-corrected chi connectivity index (χ4v) is 4.02. The fraction of sp³-hybridized carbons (Fsp3) is 1.00. The zero-order valence-electron chi connectivity index (χ0n) is 11.5. The van der Waals surface area contributed by atoms with Gasteiger partial charge in [-0.2, -0.15) is 0 Å². The van der Waals surface area contributed by atoms with Gasteiger partial charge in [-0.15, -0.1) is 0 Å². The lowest BCUT2D eigenvalue weighted by Gasteiger charge is -2.44. The Kier molecular flexibility index (Phi) is 4.22. The number of nitrogens with one attached hydrogen (secondary N) is 1. The maximum Gasteiger partial charge on any atom is 0.0729 e. The molecule has 0 amide bonds. The molecule has 2 atom stereocenters.